The molecule has 0 atom stereocenters. The van der Waals surface area contributed by atoms with E-state index in [1.807, 2.05) is 0 Å². The Balaban J connectivity index is 3.98. The van der Waals surface area contributed by atoms with E-state index in [-0.39, 0.29) is 6.42 Å². The Morgan fingerprint density at radius 1 is 1.00 bits per heavy atom. The second kappa shape index (κ2) is 11.2. The number of aliphatic carboxylic acids is 1. The van der Waals surface area contributed by atoms with Crippen LogP contribution in [0.1, 0.15) is 47.0 Å². The average Bonchev–Trinajstić information content (AvgIpc) is 2.36. The third-order valence-corrected chi connectivity index (χ3v) is 3.51. The van der Waals surface area contributed by atoms with Crippen molar-refractivity contribution >= 4 is 5.97 Å². The fourth-order valence-corrected chi connectivity index (χ4v) is 2.09. The van der Waals surface area contributed by atoms with Crippen LogP contribution in [0.25, 0.3) is 0 Å². The first kappa shape index (κ1) is 18.4. The Morgan fingerprint density at radius 2 is 1.58 bits per heavy atom. The third-order valence-electron chi connectivity index (χ3n) is 3.51. The van der Waals surface area contributed by atoms with Crippen LogP contribution in [0, 0.1) is 5.92 Å². The summed E-state index contributed by atoms with van der Waals surface area (Å²) >= 11 is 0. The summed E-state index contributed by atoms with van der Waals surface area (Å²) in [4.78, 5) is 15.4. The van der Waals surface area contributed by atoms with Gasteiger partial charge in [-0.25, -0.2) is 0 Å². The van der Waals surface area contributed by atoms with Crippen molar-refractivity contribution in [3.8, 4) is 0 Å². The Labute approximate surface area is 118 Å². The zero-order valence-corrected chi connectivity index (χ0v) is 13.2. The van der Waals surface area contributed by atoms with Crippen LogP contribution in [0.2, 0.25) is 0 Å². The average molecular weight is 272 g/mol. The highest BCUT2D eigenvalue weighted by atomic mass is 16.4. The quantitative estimate of drug-likeness (QED) is 0.593. The summed E-state index contributed by atoms with van der Waals surface area (Å²) in [5.41, 5.74) is 0. The highest BCUT2D eigenvalue weighted by molar-refractivity contribution is 5.66. The van der Waals surface area contributed by atoms with Crippen molar-refractivity contribution < 1.29 is 9.90 Å². The van der Waals surface area contributed by atoms with E-state index in [1.165, 1.54) is 0 Å². The third kappa shape index (κ3) is 11.0. The predicted molar refractivity (Wildman–Crippen MR) is 80.6 cm³/mol. The molecule has 0 spiro atoms. The van der Waals surface area contributed by atoms with Gasteiger partial charge in [0.05, 0.1) is 6.42 Å². The van der Waals surface area contributed by atoms with Gasteiger partial charge in [0.25, 0.3) is 0 Å². The first-order chi connectivity index (χ1) is 8.99. The molecular weight excluding hydrogens is 240 g/mol. The van der Waals surface area contributed by atoms with Gasteiger partial charge in [-0.05, 0) is 51.5 Å². The zero-order valence-electron chi connectivity index (χ0n) is 13.2. The van der Waals surface area contributed by atoms with Crippen LogP contribution in [-0.2, 0) is 4.79 Å². The number of carbonyl (C=O) groups is 1. The van der Waals surface area contributed by atoms with Crippen molar-refractivity contribution in [3.63, 3.8) is 0 Å². The SMILES string of the molecule is CCN(CC)CCCN(CCC(=O)O)CCC(C)C. The van der Waals surface area contributed by atoms with E-state index >= 15 is 0 Å². The van der Waals surface area contributed by atoms with Crippen molar-refractivity contribution in [2.45, 2.75) is 47.0 Å². The molecule has 0 aliphatic carbocycles. The second-order valence-corrected chi connectivity index (χ2v) is 5.55. The lowest BCUT2D eigenvalue weighted by molar-refractivity contribution is -0.137. The van der Waals surface area contributed by atoms with Crippen LogP contribution >= 0.6 is 0 Å². The summed E-state index contributed by atoms with van der Waals surface area (Å²) < 4.78 is 0. The molecule has 0 aromatic carbocycles. The fraction of sp³-hybridized carbons (Fsp3) is 0.933. The standard InChI is InChI=1S/C15H32N2O2/c1-5-16(6-2)10-7-11-17(12-8-14(3)4)13-9-15(18)19/h14H,5-13H2,1-4H3,(H,18,19). The summed E-state index contributed by atoms with van der Waals surface area (Å²) in [5, 5.41) is 8.79. The lowest BCUT2D eigenvalue weighted by Crippen LogP contribution is -2.32. The molecule has 0 rings (SSSR count). The summed E-state index contributed by atoms with van der Waals surface area (Å²) in [6, 6.07) is 0. The lowest BCUT2D eigenvalue weighted by Gasteiger charge is -2.24. The van der Waals surface area contributed by atoms with E-state index in [0.29, 0.717) is 12.5 Å². The van der Waals surface area contributed by atoms with E-state index < -0.39 is 5.97 Å². The molecule has 0 radical (unpaired) electrons. The van der Waals surface area contributed by atoms with Crippen molar-refractivity contribution in [2.75, 3.05) is 39.3 Å². The Kier molecular flexibility index (Phi) is 10.9. The maximum atomic E-state index is 10.7. The van der Waals surface area contributed by atoms with Crippen LogP contribution in [0.5, 0.6) is 0 Å². The zero-order chi connectivity index (χ0) is 14.7. The van der Waals surface area contributed by atoms with Crippen LogP contribution in [0.15, 0.2) is 0 Å². The van der Waals surface area contributed by atoms with Gasteiger partial charge >= 0.3 is 5.97 Å². The van der Waals surface area contributed by atoms with E-state index in [1.54, 1.807) is 0 Å². The predicted octanol–water partition coefficient (Wildman–Crippen LogP) is 2.54. The maximum absolute atomic E-state index is 10.7. The minimum absolute atomic E-state index is 0.253. The van der Waals surface area contributed by atoms with Crippen LogP contribution in [0.3, 0.4) is 0 Å². The van der Waals surface area contributed by atoms with E-state index in [9.17, 15) is 4.79 Å². The minimum Gasteiger partial charge on any atom is -0.481 e. The van der Waals surface area contributed by atoms with Crippen molar-refractivity contribution in [1.82, 2.24) is 9.80 Å². The van der Waals surface area contributed by atoms with Gasteiger partial charge in [0, 0.05) is 6.54 Å². The molecule has 0 aliphatic heterocycles. The molecule has 0 saturated heterocycles. The molecule has 4 nitrogen and oxygen atoms in total. The first-order valence-electron chi connectivity index (χ1n) is 7.66. The normalized spacial score (nSPS) is 11.7. The van der Waals surface area contributed by atoms with E-state index in [2.05, 4.69) is 37.5 Å². The molecular formula is C15H32N2O2. The Hall–Kier alpha value is -0.610. The fourth-order valence-electron chi connectivity index (χ4n) is 2.09. The lowest BCUT2D eigenvalue weighted by atomic mass is 10.1. The van der Waals surface area contributed by atoms with Gasteiger partial charge in [0.2, 0.25) is 0 Å². The largest absolute Gasteiger partial charge is 0.481 e. The van der Waals surface area contributed by atoms with E-state index in [4.69, 9.17) is 5.11 Å². The van der Waals surface area contributed by atoms with Crippen LogP contribution < -0.4 is 0 Å². The van der Waals surface area contributed by atoms with Crippen LogP contribution in [-0.4, -0.2) is 60.1 Å². The van der Waals surface area contributed by atoms with Crippen LogP contribution in [0.4, 0.5) is 0 Å². The molecule has 0 saturated carbocycles. The maximum Gasteiger partial charge on any atom is 0.304 e. The Morgan fingerprint density at radius 3 is 2.05 bits per heavy atom. The molecule has 0 amide bonds. The molecule has 114 valence electrons. The van der Waals surface area contributed by atoms with Crippen molar-refractivity contribution in [2.24, 2.45) is 5.92 Å². The van der Waals surface area contributed by atoms with Crippen molar-refractivity contribution in [1.29, 1.82) is 0 Å². The molecule has 4 heteroatoms. The molecule has 0 aromatic rings. The summed E-state index contributed by atoms with van der Waals surface area (Å²) in [7, 11) is 0. The summed E-state index contributed by atoms with van der Waals surface area (Å²) in [6.45, 7) is 14.8. The molecule has 0 fully saturated rings. The summed E-state index contributed by atoms with van der Waals surface area (Å²) in [6.07, 6.45) is 2.52. The number of nitrogens with zero attached hydrogens (tertiary/aromatic N) is 2. The second-order valence-electron chi connectivity index (χ2n) is 5.55. The van der Waals surface area contributed by atoms with Gasteiger partial charge in [0.1, 0.15) is 0 Å². The first-order valence-corrected chi connectivity index (χ1v) is 7.66. The number of carboxylic acid groups (broad SMARTS) is 1. The van der Waals surface area contributed by atoms with Gasteiger partial charge in [-0.3, -0.25) is 4.79 Å². The van der Waals surface area contributed by atoms with Crippen molar-refractivity contribution in [3.05, 3.63) is 0 Å². The summed E-state index contributed by atoms with van der Waals surface area (Å²) in [5.74, 6) is -0.0200. The molecule has 0 aromatic heterocycles. The topological polar surface area (TPSA) is 43.8 Å². The molecule has 19 heavy (non-hydrogen) atoms. The van der Waals surface area contributed by atoms with Gasteiger partial charge in [-0.15, -0.1) is 0 Å². The van der Waals surface area contributed by atoms with Gasteiger partial charge in [-0.2, -0.15) is 0 Å². The van der Waals surface area contributed by atoms with Gasteiger partial charge in [-0.1, -0.05) is 27.7 Å². The highest BCUT2D eigenvalue weighted by Crippen LogP contribution is 2.04. The molecule has 0 unspecified atom stereocenters. The number of hydrogen-bond donors (Lipinski definition) is 1. The highest BCUT2D eigenvalue weighted by Gasteiger charge is 2.09. The molecule has 1 N–H and O–H groups in total. The molecule has 0 bridgehead atoms. The number of carboxylic acids is 1. The Bertz CT molecular complexity index is 228. The smallest absolute Gasteiger partial charge is 0.304 e. The van der Waals surface area contributed by atoms with Gasteiger partial charge < -0.3 is 14.9 Å². The monoisotopic (exact) mass is 272 g/mol. The molecule has 0 heterocycles. The van der Waals surface area contributed by atoms with Gasteiger partial charge in [0.15, 0.2) is 0 Å². The molecule has 0 aliphatic rings. The van der Waals surface area contributed by atoms with E-state index in [0.717, 1.165) is 45.6 Å². The minimum atomic E-state index is -0.696. The number of rotatable bonds is 12. The number of hydrogen-bond acceptors (Lipinski definition) is 3.